The van der Waals surface area contributed by atoms with Gasteiger partial charge in [-0.25, -0.2) is 4.79 Å². The number of carboxylic acid groups (broad SMARTS) is 1. The zero-order valence-corrected chi connectivity index (χ0v) is 11.0. The van der Waals surface area contributed by atoms with Crippen LogP contribution in [0.15, 0.2) is 54.7 Å². The number of ether oxygens (including phenoxy) is 1. The highest BCUT2D eigenvalue weighted by Crippen LogP contribution is 2.32. The Morgan fingerprint density at radius 3 is 2.76 bits per heavy atom. The van der Waals surface area contributed by atoms with E-state index in [-0.39, 0.29) is 11.3 Å². The molecular formula is C16H12N2O3. The van der Waals surface area contributed by atoms with Crippen molar-refractivity contribution in [2.75, 3.05) is 5.73 Å². The van der Waals surface area contributed by atoms with E-state index in [9.17, 15) is 9.90 Å². The first kappa shape index (κ1) is 12.9. The maximum absolute atomic E-state index is 11.3. The van der Waals surface area contributed by atoms with Crippen molar-refractivity contribution in [1.82, 2.24) is 4.98 Å². The van der Waals surface area contributed by atoms with Crippen LogP contribution in [0.2, 0.25) is 0 Å². The number of anilines is 1. The third-order valence-corrected chi connectivity index (χ3v) is 3.06. The number of fused-ring (bicyclic) bond motifs is 1. The van der Waals surface area contributed by atoms with Gasteiger partial charge in [-0.2, -0.15) is 0 Å². The molecule has 0 aliphatic carbocycles. The van der Waals surface area contributed by atoms with Crippen LogP contribution in [-0.2, 0) is 0 Å². The van der Waals surface area contributed by atoms with Crippen molar-refractivity contribution in [3.05, 3.63) is 60.3 Å². The van der Waals surface area contributed by atoms with Gasteiger partial charge in [0.2, 0.25) is 0 Å². The molecule has 0 radical (unpaired) electrons. The largest absolute Gasteiger partial charge is 0.478 e. The molecule has 0 unspecified atom stereocenters. The number of carboxylic acids is 1. The Hall–Kier alpha value is -3.08. The normalized spacial score (nSPS) is 10.5. The van der Waals surface area contributed by atoms with E-state index in [0.29, 0.717) is 11.4 Å². The summed E-state index contributed by atoms with van der Waals surface area (Å²) in [4.78, 5) is 15.5. The Balaban J connectivity index is 2.11. The quantitative estimate of drug-likeness (QED) is 0.719. The minimum atomic E-state index is -1.07. The lowest BCUT2D eigenvalue weighted by Crippen LogP contribution is -2.01. The Morgan fingerprint density at radius 1 is 1.10 bits per heavy atom. The van der Waals surface area contributed by atoms with Gasteiger partial charge in [0.1, 0.15) is 17.1 Å². The van der Waals surface area contributed by atoms with Gasteiger partial charge in [-0.1, -0.05) is 6.07 Å². The second-order valence-electron chi connectivity index (χ2n) is 4.49. The van der Waals surface area contributed by atoms with E-state index in [1.54, 1.807) is 24.4 Å². The Bertz CT molecular complexity index is 825. The summed E-state index contributed by atoms with van der Waals surface area (Å²) in [5, 5.41) is 10.0. The van der Waals surface area contributed by atoms with Crippen LogP contribution in [0.25, 0.3) is 10.9 Å². The summed E-state index contributed by atoms with van der Waals surface area (Å²) < 4.78 is 5.76. The highest BCUT2D eigenvalue weighted by Gasteiger charge is 2.13. The molecule has 0 amide bonds. The molecule has 104 valence electrons. The fraction of sp³-hybridized carbons (Fsp3) is 0. The van der Waals surface area contributed by atoms with Crippen LogP contribution in [0.4, 0.5) is 5.69 Å². The number of aromatic carboxylic acids is 1. The van der Waals surface area contributed by atoms with Crippen LogP contribution in [0.3, 0.4) is 0 Å². The fourth-order valence-corrected chi connectivity index (χ4v) is 2.08. The van der Waals surface area contributed by atoms with Crippen molar-refractivity contribution in [3.63, 3.8) is 0 Å². The molecule has 0 spiro atoms. The van der Waals surface area contributed by atoms with Crippen molar-refractivity contribution in [1.29, 1.82) is 0 Å². The molecule has 1 aromatic heterocycles. The van der Waals surface area contributed by atoms with Crippen LogP contribution >= 0.6 is 0 Å². The molecule has 3 aromatic rings. The van der Waals surface area contributed by atoms with Gasteiger partial charge in [-0.05, 0) is 36.4 Å². The number of hydrogen-bond donors (Lipinski definition) is 2. The predicted octanol–water partition coefficient (Wildman–Crippen LogP) is 3.31. The summed E-state index contributed by atoms with van der Waals surface area (Å²) in [6, 6.07) is 13.5. The number of rotatable bonds is 3. The topological polar surface area (TPSA) is 85.4 Å². The van der Waals surface area contributed by atoms with Crippen LogP contribution in [0.1, 0.15) is 10.4 Å². The first-order valence-corrected chi connectivity index (χ1v) is 6.29. The standard InChI is InChI=1S/C16H12N2O3/c17-10-6-7-12(16(19)20)15(9-10)21-14-5-1-4-13-11(14)3-2-8-18-13/h1-9H,17H2,(H,19,20). The number of nitrogen functional groups attached to an aromatic ring is 1. The lowest BCUT2D eigenvalue weighted by atomic mass is 10.1. The molecule has 0 aliphatic rings. The van der Waals surface area contributed by atoms with Crippen LogP contribution in [0.5, 0.6) is 11.5 Å². The highest BCUT2D eigenvalue weighted by molar-refractivity contribution is 5.92. The van der Waals surface area contributed by atoms with E-state index >= 15 is 0 Å². The van der Waals surface area contributed by atoms with Crippen LogP contribution in [-0.4, -0.2) is 16.1 Å². The number of nitrogens with two attached hydrogens (primary N) is 1. The van der Waals surface area contributed by atoms with E-state index in [0.717, 1.165) is 10.9 Å². The molecule has 5 heteroatoms. The summed E-state index contributed by atoms with van der Waals surface area (Å²) >= 11 is 0. The van der Waals surface area contributed by atoms with Gasteiger partial charge in [0.05, 0.1) is 5.52 Å². The number of carbonyl (C=O) groups is 1. The second kappa shape index (κ2) is 5.13. The molecule has 0 saturated heterocycles. The average molecular weight is 280 g/mol. The van der Waals surface area contributed by atoms with E-state index in [4.69, 9.17) is 10.5 Å². The third-order valence-electron chi connectivity index (χ3n) is 3.06. The number of pyridine rings is 1. The molecule has 1 heterocycles. The van der Waals surface area contributed by atoms with Crippen molar-refractivity contribution < 1.29 is 14.6 Å². The van der Waals surface area contributed by atoms with Gasteiger partial charge in [0.25, 0.3) is 0 Å². The molecular weight excluding hydrogens is 268 g/mol. The van der Waals surface area contributed by atoms with Gasteiger partial charge >= 0.3 is 5.97 Å². The molecule has 0 bridgehead atoms. The molecule has 0 fully saturated rings. The lowest BCUT2D eigenvalue weighted by molar-refractivity contribution is 0.0694. The van der Waals surface area contributed by atoms with E-state index in [2.05, 4.69) is 4.98 Å². The Labute approximate surface area is 120 Å². The lowest BCUT2D eigenvalue weighted by Gasteiger charge is -2.11. The van der Waals surface area contributed by atoms with Crippen LogP contribution < -0.4 is 10.5 Å². The molecule has 0 aliphatic heterocycles. The summed E-state index contributed by atoms with van der Waals surface area (Å²) in [6.07, 6.45) is 1.69. The number of benzene rings is 2. The first-order valence-electron chi connectivity index (χ1n) is 6.29. The van der Waals surface area contributed by atoms with Crippen molar-refractivity contribution in [2.45, 2.75) is 0 Å². The maximum Gasteiger partial charge on any atom is 0.339 e. The van der Waals surface area contributed by atoms with Gasteiger partial charge in [-0.15, -0.1) is 0 Å². The summed E-state index contributed by atoms with van der Waals surface area (Å²) in [7, 11) is 0. The van der Waals surface area contributed by atoms with Crippen molar-refractivity contribution >= 4 is 22.6 Å². The molecule has 0 saturated carbocycles. The molecule has 5 nitrogen and oxygen atoms in total. The predicted molar refractivity (Wildman–Crippen MR) is 79.6 cm³/mol. The van der Waals surface area contributed by atoms with Crippen molar-refractivity contribution in [3.8, 4) is 11.5 Å². The van der Waals surface area contributed by atoms with Gasteiger partial charge < -0.3 is 15.6 Å². The molecule has 3 N–H and O–H groups in total. The zero-order chi connectivity index (χ0) is 14.8. The molecule has 2 aromatic carbocycles. The van der Waals surface area contributed by atoms with E-state index < -0.39 is 5.97 Å². The summed E-state index contributed by atoms with van der Waals surface area (Å²) in [6.45, 7) is 0. The first-order chi connectivity index (χ1) is 10.1. The minimum absolute atomic E-state index is 0.0603. The summed E-state index contributed by atoms with van der Waals surface area (Å²) in [5.74, 6) is -0.323. The number of aromatic nitrogens is 1. The van der Waals surface area contributed by atoms with E-state index in [1.165, 1.54) is 18.2 Å². The van der Waals surface area contributed by atoms with Gasteiger partial charge in [0, 0.05) is 23.3 Å². The average Bonchev–Trinajstić information content (AvgIpc) is 2.47. The smallest absolute Gasteiger partial charge is 0.339 e. The SMILES string of the molecule is Nc1ccc(C(=O)O)c(Oc2cccc3ncccc23)c1. The maximum atomic E-state index is 11.3. The van der Waals surface area contributed by atoms with Gasteiger partial charge in [-0.3, -0.25) is 4.98 Å². The Morgan fingerprint density at radius 2 is 1.95 bits per heavy atom. The minimum Gasteiger partial charge on any atom is -0.478 e. The van der Waals surface area contributed by atoms with Crippen LogP contribution in [0, 0.1) is 0 Å². The monoisotopic (exact) mass is 280 g/mol. The Kier molecular flexibility index (Phi) is 3.16. The molecule has 0 atom stereocenters. The fourth-order valence-electron chi connectivity index (χ4n) is 2.08. The van der Waals surface area contributed by atoms with Gasteiger partial charge in [0.15, 0.2) is 0 Å². The molecule has 3 rings (SSSR count). The number of nitrogens with zero attached hydrogens (tertiary/aromatic N) is 1. The van der Waals surface area contributed by atoms with E-state index in [1.807, 2.05) is 12.1 Å². The number of hydrogen-bond acceptors (Lipinski definition) is 4. The van der Waals surface area contributed by atoms with Crippen molar-refractivity contribution in [2.24, 2.45) is 0 Å². The summed E-state index contributed by atoms with van der Waals surface area (Å²) in [5.41, 5.74) is 6.98. The zero-order valence-electron chi connectivity index (χ0n) is 11.0. The second-order valence-corrected chi connectivity index (χ2v) is 4.49. The highest BCUT2D eigenvalue weighted by atomic mass is 16.5. The third kappa shape index (κ3) is 2.49. The molecule has 21 heavy (non-hydrogen) atoms.